The van der Waals surface area contributed by atoms with Gasteiger partial charge in [-0.2, -0.15) is 5.10 Å². The molecule has 1 aliphatic heterocycles. The highest BCUT2D eigenvalue weighted by atomic mass is 16.5. The van der Waals surface area contributed by atoms with Crippen LogP contribution in [0, 0.1) is 0 Å². The minimum absolute atomic E-state index is 0.227. The van der Waals surface area contributed by atoms with Gasteiger partial charge in [0.25, 0.3) is 0 Å². The number of nitrogens with zero attached hydrogens (tertiary/aromatic N) is 4. The Hall–Kier alpha value is -2.64. The van der Waals surface area contributed by atoms with E-state index in [1.807, 2.05) is 45.8 Å². The number of para-hydroxylation sites is 1. The molecule has 25 heavy (non-hydrogen) atoms. The van der Waals surface area contributed by atoms with Crippen molar-refractivity contribution in [3.05, 3.63) is 54.5 Å². The highest BCUT2D eigenvalue weighted by Crippen LogP contribution is 2.19. The Morgan fingerprint density at radius 3 is 3.00 bits per heavy atom. The molecule has 0 fully saturated rings. The van der Waals surface area contributed by atoms with Crippen LogP contribution in [0.3, 0.4) is 0 Å². The summed E-state index contributed by atoms with van der Waals surface area (Å²) in [5.41, 5.74) is 1.99. The smallest absolute Gasteiger partial charge is 0.160 e. The molecule has 3 heterocycles. The maximum absolute atomic E-state index is 10.3. The normalized spacial score (nSPS) is 14.9. The van der Waals surface area contributed by atoms with E-state index < -0.39 is 6.10 Å². The molecular formula is C18H21N5O2. The van der Waals surface area contributed by atoms with Gasteiger partial charge in [-0.3, -0.25) is 4.68 Å². The average Bonchev–Trinajstić information content (AvgIpc) is 3.27. The van der Waals surface area contributed by atoms with E-state index in [2.05, 4.69) is 21.5 Å². The first-order valence-corrected chi connectivity index (χ1v) is 8.44. The predicted molar refractivity (Wildman–Crippen MR) is 93.1 cm³/mol. The number of nitrogens with one attached hydrogen (secondary N) is 1. The van der Waals surface area contributed by atoms with Crippen molar-refractivity contribution in [1.82, 2.24) is 24.6 Å². The Bertz CT molecular complexity index is 804. The number of hydrogen-bond donors (Lipinski definition) is 2. The van der Waals surface area contributed by atoms with Crippen LogP contribution in [0.15, 0.2) is 48.8 Å². The number of hydrogen-bond acceptors (Lipinski definition) is 5. The Morgan fingerprint density at radius 1 is 1.28 bits per heavy atom. The van der Waals surface area contributed by atoms with Gasteiger partial charge in [0.2, 0.25) is 0 Å². The van der Waals surface area contributed by atoms with Crippen LogP contribution in [0.2, 0.25) is 0 Å². The minimum Gasteiger partial charge on any atom is -0.491 e. The van der Waals surface area contributed by atoms with Gasteiger partial charge in [-0.25, -0.2) is 4.98 Å². The van der Waals surface area contributed by atoms with Crippen LogP contribution in [0.4, 0.5) is 0 Å². The fraction of sp³-hybridized carbons (Fsp3) is 0.333. The maximum Gasteiger partial charge on any atom is 0.160 e. The number of aromatic nitrogens is 4. The summed E-state index contributed by atoms with van der Waals surface area (Å²) < 4.78 is 9.55. The second kappa shape index (κ2) is 7.08. The van der Waals surface area contributed by atoms with Crippen molar-refractivity contribution >= 4 is 0 Å². The molecule has 1 atom stereocenters. The largest absolute Gasteiger partial charge is 0.491 e. The second-order valence-electron chi connectivity index (χ2n) is 6.10. The molecule has 0 aliphatic carbocycles. The van der Waals surface area contributed by atoms with Crippen molar-refractivity contribution in [2.24, 2.45) is 0 Å². The number of rotatable bonds is 6. The Labute approximate surface area is 145 Å². The van der Waals surface area contributed by atoms with Gasteiger partial charge in [0.15, 0.2) is 5.82 Å². The number of aliphatic hydroxyl groups is 1. The van der Waals surface area contributed by atoms with Crippen molar-refractivity contribution < 1.29 is 9.84 Å². The molecule has 4 rings (SSSR count). The molecule has 0 spiro atoms. The van der Waals surface area contributed by atoms with E-state index in [1.54, 1.807) is 6.20 Å². The quantitative estimate of drug-likeness (QED) is 0.708. The van der Waals surface area contributed by atoms with Gasteiger partial charge in [-0.05, 0) is 18.2 Å². The van der Waals surface area contributed by atoms with Crippen LogP contribution in [-0.2, 0) is 19.6 Å². The third-order valence-electron chi connectivity index (χ3n) is 4.21. The third-order valence-corrected chi connectivity index (χ3v) is 4.21. The van der Waals surface area contributed by atoms with Crippen molar-refractivity contribution in [2.75, 3.05) is 13.2 Å². The van der Waals surface area contributed by atoms with Crippen molar-refractivity contribution in [3.8, 4) is 17.3 Å². The van der Waals surface area contributed by atoms with Crippen LogP contribution in [0.1, 0.15) is 5.69 Å². The van der Waals surface area contributed by atoms with Crippen molar-refractivity contribution in [3.63, 3.8) is 0 Å². The molecule has 7 nitrogen and oxygen atoms in total. The predicted octanol–water partition coefficient (Wildman–Crippen LogP) is 1.29. The second-order valence-corrected chi connectivity index (χ2v) is 6.10. The zero-order valence-electron chi connectivity index (χ0n) is 13.9. The highest BCUT2D eigenvalue weighted by molar-refractivity contribution is 5.50. The lowest BCUT2D eigenvalue weighted by Crippen LogP contribution is -2.28. The maximum atomic E-state index is 10.3. The van der Waals surface area contributed by atoms with Gasteiger partial charge >= 0.3 is 0 Å². The van der Waals surface area contributed by atoms with Crippen molar-refractivity contribution in [1.29, 1.82) is 0 Å². The molecule has 0 saturated carbocycles. The number of imidazole rings is 1. The summed E-state index contributed by atoms with van der Waals surface area (Å²) in [6, 6.07) is 11.5. The van der Waals surface area contributed by atoms with Crippen LogP contribution in [0.5, 0.6) is 5.75 Å². The molecule has 3 aromatic rings. The summed E-state index contributed by atoms with van der Waals surface area (Å²) in [5, 5.41) is 18.3. The average molecular weight is 339 g/mol. The zero-order chi connectivity index (χ0) is 17.1. The van der Waals surface area contributed by atoms with Gasteiger partial charge in [0.1, 0.15) is 24.2 Å². The zero-order valence-corrected chi connectivity index (χ0v) is 13.9. The Kier molecular flexibility index (Phi) is 4.49. The number of benzene rings is 1. The van der Waals surface area contributed by atoms with Crippen LogP contribution < -0.4 is 10.1 Å². The molecular weight excluding hydrogens is 318 g/mol. The Balaban J connectivity index is 1.43. The number of fused-ring (bicyclic) bond motifs is 1. The van der Waals surface area contributed by atoms with Crippen LogP contribution >= 0.6 is 0 Å². The molecule has 2 N–H and O–H groups in total. The first-order chi connectivity index (χ1) is 12.3. The SMILES string of the molecule is OC(COc1ccccc1)Cn1ccnc1-c1cc2n(n1)CCNC2. The standard InChI is InChI=1S/C18H21N5O2/c24-15(13-25-16-4-2-1-3-5-16)12-22-8-7-20-18(22)17-10-14-11-19-6-9-23(14)21-17/h1-5,7-8,10,15,19,24H,6,9,11-13H2. The number of aliphatic hydroxyl groups excluding tert-OH is 1. The summed E-state index contributed by atoms with van der Waals surface area (Å²) in [4.78, 5) is 4.42. The summed E-state index contributed by atoms with van der Waals surface area (Å²) in [7, 11) is 0. The molecule has 2 aromatic heterocycles. The van der Waals surface area contributed by atoms with E-state index in [0.29, 0.717) is 6.54 Å². The molecule has 7 heteroatoms. The first kappa shape index (κ1) is 15.9. The lowest BCUT2D eigenvalue weighted by molar-refractivity contribution is 0.0928. The topological polar surface area (TPSA) is 77.1 Å². The molecule has 0 radical (unpaired) electrons. The van der Waals surface area contributed by atoms with E-state index in [-0.39, 0.29) is 6.61 Å². The van der Waals surface area contributed by atoms with E-state index >= 15 is 0 Å². The fourth-order valence-corrected chi connectivity index (χ4v) is 2.98. The minimum atomic E-state index is -0.632. The Morgan fingerprint density at radius 2 is 2.16 bits per heavy atom. The summed E-state index contributed by atoms with van der Waals surface area (Å²) >= 11 is 0. The molecule has 0 amide bonds. The molecule has 130 valence electrons. The molecule has 1 aliphatic rings. The van der Waals surface area contributed by atoms with E-state index in [4.69, 9.17) is 4.74 Å². The van der Waals surface area contributed by atoms with Gasteiger partial charge in [0, 0.05) is 25.5 Å². The summed E-state index contributed by atoms with van der Waals surface area (Å²) in [5.74, 6) is 1.52. The van der Waals surface area contributed by atoms with Gasteiger partial charge < -0.3 is 19.7 Å². The molecule has 1 unspecified atom stereocenters. The fourth-order valence-electron chi connectivity index (χ4n) is 2.98. The molecule has 0 saturated heterocycles. The van der Waals surface area contributed by atoms with E-state index in [0.717, 1.165) is 42.6 Å². The monoisotopic (exact) mass is 339 g/mol. The van der Waals surface area contributed by atoms with Crippen LogP contribution in [-0.4, -0.2) is 43.7 Å². The van der Waals surface area contributed by atoms with E-state index in [1.165, 1.54) is 0 Å². The van der Waals surface area contributed by atoms with Gasteiger partial charge in [-0.15, -0.1) is 0 Å². The van der Waals surface area contributed by atoms with Crippen molar-refractivity contribution in [2.45, 2.75) is 25.7 Å². The lowest BCUT2D eigenvalue weighted by Gasteiger charge is -2.14. The van der Waals surface area contributed by atoms with Gasteiger partial charge in [-0.1, -0.05) is 18.2 Å². The molecule has 0 bridgehead atoms. The third kappa shape index (κ3) is 3.57. The molecule has 1 aromatic carbocycles. The van der Waals surface area contributed by atoms with Crippen LogP contribution in [0.25, 0.3) is 11.5 Å². The number of ether oxygens (including phenoxy) is 1. The highest BCUT2D eigenvalue weighted by Gasteiger charge is 2.17. The summed E-state index contributed by atoms with van der Waals surface area (Å²) in [6.45, 7) is 3.25. The summed E-state index contributed by atoms with van der Waals surface area (Å²) in [6.07, 6.45) is 2.96. The first-order valence-electron chi connectivity index (χ1n) is 8.44. The lowest BCUT2D eigenvalue weighted by atomic mass is 10.3. The van der Waals surface area contributed by atoms with E-state index in [9.17, 15) is 5.11 Å². The van der Waals surface area contributed by atoms with Gasteiger partial charge in [0.05, 0.1) is 18.8 Å².